The molecule has 0 aliphatic rings. The molecule has 0 radical (unpaired) electrons. The molecule has 0 atom stereocenters. The van der Waals surface area contributed by atoms with E-state index in [1.165, 1.54) is 41.5 Å². The number of benzene rings is 3. The van der Waals surface area contributed by atoms with E-state index in [0.717, 1.165) is 0 Å². The molecule has 0 saturated carbocycles. The lowest BCUT2D eigenvalue weighted by atomic mass is 10.1. The van der Waals surface area contributed by atoms with E-state index in [1.807, 2.05) is 0 Å². The highest BCUT2D eigenvalue weighted by atomic mass is 32.2. The Bertz CT molecular complexity index is 1440. The monoisotopic (exact) mass is 471 g/mol. The summed E-state index contributed by atoms with van der Waals surface area (Å²) in [6, 6.07) is 21.1. The summed E-state index contributed by atoms with van der Waals surface area (Å²) in [4.78, 5) is 0.220. The van der Waals surface area contributed by atoms with Crippen LogP contribution in [0.15, 0.2) is 94.9 Å². The molecule has 0 saturated heterocycles. The molecule has 9 heteroatoms. The first-order valence-electron chi connectivity index (χ1n) is 9.76. The minimum Gasteiger partial charge on any atom is -0.497 e. The molecule has 1 heterocycles. The molecular formula is C23H21NO6S2. The largest absolute Gasteiger partial charge is 0.497 e. The van der Waals surface area contributed by atoms with Crippen LogP contribution in [0.4, 0.5) is 0 Å². The average Bonchev–Trinajstić information content (AvgIpc) is 3.18. The predicted octanol–water partition coefficient (Wildman–Crippen LogP) is 3.83. The number of rotatable bonds is 8. The van der Waals surface area contributed by atoms with Crippen molar-refractivity contribution in [3.05, 3.63) is 90.6 Å². The van der Waals surface area contributed by atoms with Crippen molar-refractivity contribution in [2.75, 3.05) is 13.7 Å². The summed E-state index contributed by atoms with van der Waals surface area (Å²) in [5.41, 5.74) is 1.09. The second kappa shape index (κ2) is 8.78. The van der Waals surface area contributed by atoms with Gasteiger partial charge in [-0.3, -0.25) is 4.18 Å². The van der Waals surface area contributed by atoms with Crippen LogP contribution >= 0.6 is 0 Å². The van der Waals surface area contributed by atoms with Gasteiger partial charge in [0.2, 0.25) is 0 Å². The molecule has 4 rings (SSSR count). The first-order valence-corrected chi connectivity index (χ1v) is 12.6. The molecule has 1 aromatic heterocycles. The van der Waals surface area contributed by atoms with E-state index in [0.29, 0.717) is 22.2 Å². The summed E-state index contributed by atoms with van der Waals surface area (Å²) in [6.45, 7) is -0.140. The predicted molar refractivity (Wildman–Crippen MR) is 121 cm³/mol. The van der Waals surface area contributed by atoms with E-state index in [1.54, 1.807) is 54.6 Å². The molecule has 0 spiro atoms. The zero-order valence-corrected chi connectivity index (χ0v) is 18.8. The molecule has 0 aliphatic heterocycles. The first-order chi connectivity index (χ1) is 15.3. The highest BCUT2D eigenvalue weighted by Crippen LogP contribution is 2.30. The molecule has 166 valence electrons. The van der Waals surface area contributed by atoms with Gasteiger partial charge < -0.3 is 4.74 Å². The molecule has 4 aromatic rings. The lowest BCUT2D eigenvalue weighted by molar-refractivity contribution is 0.322. The second-order valence-electron chi connectivity index (χ2n) is 6.99. The quantitative estimate of drug-likeness (QED) is 0.363. The number of ether oxygens (including phenoxy) is 1. The van der Waals surface area contributed by atoms with Crippen molar-refractivity contribution >= 4 is 31.0 Å². The maximum Gasteiger partial charge on any atom is 0.296 e. The van der Waals surface area contributed by atoms with E-state index in [9.17, 15) is 16.8 Å². The Morgan fingerprint density at radius 2 is 1.44 bits per heavy atom. The Balaban J connectivity index is 1.69. The number of nitrogens with zero attached hydrogens (tertiary/aromatic N) is 1. The summed E-state index contributed by atoms with van der Waals surface area (Å²) in [5.74, 6) is 0.562. The normalized spacial score (nSPS) is 12.2. The van der Waals surface area contributed by atoms with E-state index >= 15 is 0 Å². The van der Waals surface area contributed by atoms with Gasteiger partial charge in [-0.25, -0.2) is 12.4 Å². The zero-order valence-electron chi connectivity index (χ0n) is 17.2. The van der Waals surface area contributed by atoms with Crippen molar-refractivity contribution in [3.8, 4) is 5.75 Å². The van der Waals surface area contributed by atoms with E-state index < -0.39 is 20.1 Å². The Morgan fingerprint density at radius 3 is 2.06 bits per heavy atom. The van der Waals surface area contributed by atoms with Crippen LogP contribution in [-0.2, 0) is 30.7 Å². The maximum absolute atomic E-state index is 13.2. The molecule has 0 fully saturated rings. The topological polar surface area (TPSA) is 91.7 Å². The van der Waals surface area contributed by atoms with Gasteiger partial charge in [0, 0.05) is 11.6 Å². The number of hydrogen-bond donors (Lipinski definition) is 0. The molecular weight excluding hydrogens is 450 g/mol. The SMILES string of the molecule is COc1ccc2c(c1)c(CCOS(=O)(=O)c1ccccc1)cn2S(=O)(=O)c1ccccc1. The van der Waals surface area contributed by atoms with E-state index in [-0.39, 0.29) is 22.8 Å². The Morgan fingerprint density at radius 1 is 0.812 bits per heavy atom. The fourth-order valence-corrected chi connectivity index (χ4v) is 5.73. The summed E-state index contributed by atoms with van der Waals surface area (Å²) in [5, 5.41) is 0.643. The van der Waals surface area contributed by atoms with Gasteiger partial charge in [-0.15, -0.1) is 0 Å². The maximum atomic E-state index is 13.2. The van der Waals surface area contributed by atoms with Crippen LogP contribution in [0.1, 0.15) is 5.56 Å². The lowest BCUT2D eigenvalue weighted by Crippen LogP contribution is -2.12. The van der Waals surface area contributed by atoms with Gasteiger partial charge >= 0.3 is 0 Å². The minimum absolute atomic E-state index is 0.0655. The van der Waals surface area contributed by atoms with Crippen LogP contribution in [0.3, 0.4) is 0 Å². The van der Waals surface area contributed by atoms with Crippen LogP contribution in [0.5, 0.6) is 5.75 Å². The van der Waals surface area contributed by atoms with Gasteiger partial charge in [0.15, 0.2) is 0 Å². The third-order valence-electron chi connectivity index (χ3n) is 5.00. The van der Waals surface area contributed by atoms with Gasteiger partial charge in [0.1, 0.15) is 5.75 Å². The first kappa shape index (κ1) is 22.1. The molecule has 0 aliphatic carbocycles. The molecule has 0 bridgehead atoms. The smallest absolute Gasteiger partial charge is 0.296 e. The molecule has 0 N–H and O–H groups in total. The number of fused-ring (bicyclic) bond motifs is 1. The van der Waals surface area contributed by atoms with Crippen molar-refractivity contribution in [1.29, 1.82) is 0 Å². The third-order valence-corrected chi connectivity index (χ3v) is 8.02. The van der Waals surface area contributed by atoms with Gasteiger partial charge in [-0.2, -0.15) is 8.42 Å². The molecule has 32 heavy (non-hydrogen) atoms. The summed E-state index contributed by atoms with van der Waals surface area (Å²) < 4.78 is 62.9. The summed E-state index contributed by atoms with van der Waals surface area (Å²) in [6.07, 6.45) is 1.69. The highest BCUT2D eigenvalue weighted by molar-refractivity contribution is 7.90. The van der Waals surface area contributed by atoms with Crippen molar-refractivity contribution in [1.82, 2.24) is 3.97 Å². The Kier molecular flexibility index (Phi) is 6.05. The molecule has 0 amide bonds. The summed E-state index contributed by atoms with van der Waals surface area (Å²) >= 11 is 0. The average molecular weight is 472 g/mol. The third kappa shape index (κ3) is 4.27. The van der Waals surface area contributed by atoms with Gasteiger partial charge in [-0.1, -0.05) is 36.4 Å². The minimum atomic E-state index is -3.91. The Labute approximate surface area is 187 Å². The molecule has 7 nitrogen and oxygen atoms in total. The highest BCUT2D eigenvalue weighted by Gasteiger charge is 2.22. The molecule has 0 unspecified atom stereocenters. The van der Waals surface area contributed by atoms with Gasteiger partial charge in [0.25, 0.3) is 20.1 Å². The van der Waals surface area contributed by atoms with Crippen LogP contribution in [0.2, 0.25) is 0 Å². The van der Waals surface area contributed by atoms with Crippen LogP contribution in [0, 0.1) is 0 Å². The lowest BCUT2D eigenvalue weighted by Gasteiger charge is -2.07. The standard InChI is InChI=1S/C23H21NO6S2/c1-29-19-12-13-23-22(16-19)18(14-15-30-32(27,28)21-10-6-3-7-11-21)17-24(23)31(25,26)20-8-4-2-5-9-20/h2-13,16-17H,14-15H2,1H3. The van der Waals surface area contributed by atoms with Gasteiger partial charge in [0.05, 0.1) is 29.0 Å². The van der Waals surface area contributed by atoms with Crippen molar-refractivity contribution in [2.45, 2.75) is 16.2 Å². The Hall–Kier alpha value is -3.14. The van der Waals surface area contributed by atoms with Crippen LogP contribution < -0.4 is 4.74 Å². The van der Waals surface area contributed by atoms with Crippen molar-refractivity contribution < 1.29 is 25.8 Å². The number of hydrogen-bond acceptors (Lipinski definition) is 6. The zero-order chi connectivity index (χ0) is 22.8. The molecule has 3 aromatic carbocycles. The second-order valence-corrected chi connectivity index (χ2v) is 10.4. The van der Waals surface area contributed by atoms with E-state index in [4.69, 9.17) is 8.92 Å². The fourth-order valence-electron chi connectivity index (χ4n) is 3.39. The van der Waals surface area contributed by atoms with Crippen LogP contribution in [-0.4, -0.2) is 34.5 Å². The van der Waals surface area contributed by atoms with Gasteiger partial charge in [-0.05, 0) is 54.4 Å². The number of aromatic nitrogens is 1. The van der Waals surface area contributed by atoms with Crippen molar-refractivity contribution in [3.63, 3.8) is 0 Å². The summed E-state index contributed by atoms with van der Waals surface area (Å²) in [7, 11) is -6.23. The number of methoxy groups -OCH3 is 1. The van der Waals surface area contributed by atoms with Crippen molar-refractivity contribution in [2.24, 2.45) is 0 Å². The van der Waals surface area contributed by atoms with Crippen LogP contribution in [0.25, 0.3) is 10.9 Å². The fraction of sp³-hybridized carbons (Fsp3) is 0.130. The van der Waals surface area contributed by atoms with E-state index in [2.05, 4.69) is 0 Å².